The zero-order chi connectivity index (χ0) is 10.1. The minimum absolute atomic E-state index is 0.105. The molecule has 3 nitrogen and oxygen atoms in total. The maximum absolute atomic E-state index is 9.50. The predicted octanol–water partition coefficient (Wildman–Crippen LogP) is 0.955. The van der Waals surface area contributed by atoms with Crippen LogP contribution in [0.3, 0.4) is 0 Å². The van der Waals surface area contributed by atoms with Gasteiger partial charge in [0.2, 0.25) is 0 Å². The summed E-state index contributed by atoms with van der Waals surface area (Å²) in [4.78, 5) is 2.26. The van der Waals surface area contributed by atoms with Crippen molar-refractivity contribution in [2.45, 2.75) is 25.5 Å². The van der Waals surface area contributed by atoms with Crippen LogP contribution in [0, 0.1) is 6.92 Å². The molecule has 0 amide bonds. The largest absolute Gasteiger partial charge is 0.391 e. The topological polar surface area (TPSA) is 49.5 Å². The van der Waals surface area contributed by atoms with E-state index in [1.807, 2.05) is 0 Å². The maximum Gasteiger partial charge on any atom is 0.0911 e. The van der Waals surface area contributed by atoms with Gasteiger partial charge in [0.25, 0.3) is 0 Å². The summed E-state index contributed by atoms with van der Waals surface area (Å²) in [6, 6.07) is 2.07. The van der Waals surface area contributed by atoms with Crippen LogP contribution in [0.15, 0.2) is 11.4 Å². The van der Waals surface area contributed by atoms with Crippen LogP contribution in [-0.2, 0) is 0 Å². The Balaban J connectivity index is 2.06. The van der Waals surface area contributed by atoms with Gasteiger partial charge in [0.05, 0.1) is 11.1 Å². The predicted molar refractivity (Wildman–Crippen MR) is 59.9 cm³/mol. The molecular weight excluding hydrogens is 196 g/mol. The van der Waals surface area contributed by atoms with Gasteiger partial charge < -0.3 is 15.7 Å². The number of rotatable bonds is 1. The average Bonchev–Trinajstić information content (AvgIpc) is 2.57. The first-order chi connectivity index (χ1) is 6.66. The molecule has 1 saturated heterocycles. The van der Waals surface area contributed by atoms with Crippen LogP contribution < -0.4 is 10.6 Å². The smallest absolute Gasteiger partial charge is 0.0911 e. The van der Waals surface area contributed by atoms with Gasteiger partial charge >= 0.3 is 0 Å². The molecule has 1 aliphatic rings. The molecule has 14 heavy (non-hydrogen) atoms. The highest BCUT2D eigenvalue weighted by atomic mass is 32.1. The number of hydrogen-bond acceptors (Lipinski definition) is 4. The van der Waals surface area contributed by atoms with Crippen molar-refractivity contribution in [3.8, 4) is 0 Å². The third kappa shape index (κ3) is 1.92. The minimum atomic E-state index is -0.327. The van der Waals surface area contributed by atoms with Crippen LogP contribution in [-0.4, -0.2) is 30.3 Å². The van der Waals surface area contributed by atoms with Gasteiger partial charge in [-0.05, 0) is 30.4 Å². The standard InChI is InChI=1S/C10H16N2OS/c1-7-4-10(14-6-7)12-3-2-9(13)8(11)5-12/h4,6,8-9,13H,2-3,5,11H2,1H3. The molecule has 1 aliphatic heterocycles. The molecular formula is C10H16N2OS. The van der Waals surface area contributed by atoms with Crippen molar-refractivity contribution in [1.82, 2.24) is 0 Å². The number of hydrogen-bond donors (Lipinski definition) is 2. The van der Waals surface area contributed by atoms with Crippen LogP contribution >= 0.6 is 11.3 Å². The molecule has 3 N–H and O–H groups in total. The Hall–Kier alpha value is -0.580. The molecule has 1 aromatic heterocycles. The van der Waals surface area contributed by atoms with E-state index >= 15 is 0 Å². The molecule has 2 unspecified atom stereocenters. The quantitative estimate of drug-likeness (QED) is 0.729. The number of thiophene rings is 1. The Bertz CT molecular complexity index is 313. The lowest BCUT2D eigenvalue weighted by atomic mass is 10.0. The first-order valence-electron chi connectivity index (χ1n) is 4.90. The average molecular weight is 212 g/mol. The second-order valence-electron chi connectivity index (χ2n) is 3.93. The fourth-order valence-corrected chi connectivity index (χ4v) is 2.70. The number of nitrogens with zero attached hydrogens (tertiary/aromatic N) is 1. The Kier molecular flexibility index (Phi) is 2.76. The third-order valence-corrected chi connectivity index (χ3v) is 3.76. The molecule has 0 saturated carbocycles. The number of aryl methyl sites for hydroxylation is 1. The number of aliphatic hydroxyl groups excluding tert-OH is 1. The van der Waals surface area contributed by atoms with E-state index in [9.17, 15) is 5.11 Å². The first-order valence-corrected chi connectivity index (χ1v) is 5.78. The van der Waals surface area contributed by atoms with Crippen molar-refractivity contribution < 1.29 is 5.11 Å². The number of aliphatic hydroxyl groups is 1. The van der Waals surface area contributed by atoms with E-state index in [-0.39, 0.29) is 12.1 Å². The van der Waals surface area contributed by atoms with E-state index < -0.39 is 0 Å². The Morgan fingerprint density at radius 1 is 1.64 bits per heavy atom. The van der Waals surface area contributed by atoms with Crippen molar-refractivity contribution in [3.05, 3.63) is 17.0 Å². The summed E-state index contributed by atoms with van der Waals surface area (Å²) in [6.07, 6.45) is 0.449. The summed E-state index contributed by atoms with van der Waals surface area (Å²) in [5.41, 5.74) is 7.12. The van der Waals surface area contributed by atoms with Gasteiger partial charge in [-0.1, -0.05) is 0 Å². The molecule has 0 radical (unpaired) electrons. The van der Waals surface area contributed by atoms with E-state index in [1.54, 1.807) is 11.3 Å². The lowest BCUT2D eigenvalue weighted by Crippen LogP contribution is -2.51. The molecule has 1 aromatic rings. The van der Waals surface area contributed by atoms with E-state index in [0.717, 1.165) is 19.5 Å². The van der Waals surface area contributed by atoms with Crippen molar-refractivity contribution >= 4 is 16.3 Å². The van der Waals surface area contributed by atoms with Crippen molar-refractivity contribution in [3.63, 3.8) is 0 Å². The van der Waals surface area contributed by atoms with Gasteiger partial charge in [-0.3, -0.25) is 0 Å². The first kappa shape index (κ1) is 9.96. The zero-order valence-corrected chi connectivity index (χ0v) is 9.13. The van der Waals surface area contributed by atoms with E-state index in [1.165, 1.54) is 10.6 Å². The van der Waals surface area contributed by atoms with Crippen LogP contribution in [0.25, 0.3) is 0 Å². The van der Waals surface area contributed by atoms with Crippen LogP contribution in [0.5, 0.6) is 0 Å². The van der Waals surface area contributed by atoms with E-state index in [4.69, 9.17) is 5.73 Å². The minimum Gasteiger partial charge on any atom is -0.391 e. The molecule has 0 spiro atoms. The van der Waals surface area contributed by atoms with E-state index in [2.05, 4.69) is 23.3 Å². The number of piperidine rings is 1. The monoisotopic (exact) mass is 212 g/mol. The molecule has 1 fully saturated rings. The molecule has 0 aliphatic carbocycles. The fourth-order valence-electron chi connectivity index (χ4n) is 1.75. The summed E-state index contributed by atoms with van der Waals surface area (Å²) in [5, 5.41) is 12.9. The molecule has 2 atom stereocenters. The second-order valence-corrected chi connectivity index (χ2v) is 4.82. The van der Waals surface area contributed by atoms with Gasteiger partial charge in [0.15, 0.2) is 0 Å². The zero-order valence-electron chi connectivity index (χ0n) is 8.31. The third-order valence-electron chi connectivity index (χ3n) is 2.65. The lowest BCUT2D eigenvalue weighted by molar-refractivity contribution is 0.125. The Morgan fingerprint density at radius 3 is 3.00 bits per heavy atom. The number of anilines is 1. The van der Waals surface area contributed by atoms with Gasteiger partial charge in [-0.25, -0.2) is 0 Å². The molecule has 0 aromatic carbocycles. The number of nitrogens with two attached hydrogens (primary N) is 1. The SMILES string of the molecule is Cc1csc(N2CCC(O)C(N)C2)c1. The van der Waals surface area contributed by atoms with Crippen LogP contribution in [0.4, 0.5) is 5.00 Å². The van der Waals surface area contributed by atoms with Crippen LogP contribution in [0.2, 0.25) is 0 Å². The van der Waals surface area contributed by atoms with E-state index in [0.29, 0.717) is 0 Å². The Morgan fingerprint density at radius 2 is 2.43 bits per heavy atom. The molecule has 0 bridgehead atoms. The summed E-state index contributed by atoms with van der Waals surface area (Å²) < 4.78 is 0. The second kappa shape index (κ2) is 3.88. The highest BCUT2D eigenvalue weighted by Crippen LogP contribution is 2.26. The molecule has 2 rings (SSSR count). The summed E-state index contributed by atoms with van der Waals surface area (Å²) in [6.45, 7) is 3.77. The van der Waals surface area contributed by atoms with Crippen LogP contribution in [0.1, 0.15) is 12.0 Å². The fraction of sp³-hybridized carbons (Fsp3) is 0.600. The van der Waals surface area contributed by atoms with Gasteiger partial charge in [0, 0.05) is 19.1 Å². The summed E-state index contributed by atoms with van der Waals surface area (Å²) in [7, 11) is 0. The highest BCUT2D eigenvalue weighted by Gasteiger charge is 2.25. The van der Waals surface area contributed by atoms with Crippen molar-refractivity contribution in [1.29, 1.82) is 0 Å². The van der Waals surface area contributed by atoms with Crippen molar-refractivity contribution in [2.24, 2.45) is 5.73 Å². The maximum atomic E-state index is 9.50. The summed E-state index contributed by atoms with van der Waals surface area (Å²) >= 11 is 1.75. The van der Waals surface area contributed by atoms with Gasteiger partial charge in [-0.2, -0.15) is 0 Å². The normalized spacial score (nSPS) is 28.1. The van der Waals surface area contributed by atoms with Crippen molar-refractivity contribution in [2.75, 3.05) is 18.0 Å². The highest BCUT2D eigenvalue weighted by molar-refractivity contribution is 7.14. The molecule has 4 heteroatoms. The van der Waals surface area contributed by atoms with Gasteiger partial charge in [-0.15, -0.1) is 11.3 Å². The molecule has 2 heterocycles. The molecule has 78 valence electrons. The summed E-state index contributed by atoms with van der Waals surface area (Å²) in [5.74, 6) is 0. The lowest BCUT2D eigenvalue weighted by Gasteiger charge is -2.34. The Labute approximate surface area is 88.1 Å². The van der Waals surface area contributed by atoms with Gasteiger partial charge in [0.1, 0.15) is 0 Å².